The van der Waals surface area contributed by atoms with Crippen molar-refractivity contribution in [1.29, 1.82) is 0 Å². The molecule has 1 fully saturated rings. The molecule has 6 nitrogen and oxygen atoms in total. The zero-order valence-corrected chi connectivity index (χ0v) is 8.81. The van der Waals surface area contributed by atoms with Crippen molar-refractivity contribution in [3.8, 4) is 0 Å². The Morgan fingerprint density at radius 3 is 3.33 bits per heavy atom. The number of fused-ring (bicyclic) bond motifs is 1. The minimum atomic E-state index is 0.524. The zero-order valence-electron chi connectivity index (χ0n) is 8.00. The van der Waals surface area contributed by atoms with Crippen LogP contribution < -0.4 is 5.32 Å². The average molecular weight is 222 g/mol. The van der Waals surface area contributed by atoms with Gasteiger partial charge in [0.2, 0.25) is 0 Å². The minimum Gasteiger partial charge on any atom is -0.365 e. The fourth-order valence-electron chi connectivity index (χ4n) is 1.58. The normalized spacial score (nSPS) is 20.9. The number of thioether (sulfide) groups is 1. The minimum absolute atomic E-state index is 0.524. The van der Waals surface area contributed by atoms with Crippen molar-refractivity contribution in [2.75, 3.05) is 16.8 Å². The lowest BCUT2D eigenvalue weighted by Gasteiger charge is -2.10. The predicted octanol–water partition coefficient (Wildman–Crippen LogP) is 0.437. The van der Waals surface area contributed by atoms with Crippen molar-refractivity contribution < 1.29 is 0 Å². The molecule has 15 heavy (non-hydrogen) atoms. The Labute approximate surface area is 90.4 Å². The topological polar surface area (TPSA) is 68.0 Å². The molecule has 7 heteroatoms. The van der Waals surface area contributed by atoms with Crippen molar-refractivity contribution in [3.63, 3.8) is 0 Å². The van der Waals surface area contributed by atoms with Crippen molar-refractivity contribution in [2.24, 2.45) is 0 Å². The third-order valence-electron chi connectivity index (χ3n) is 2.35. The summed E-state index contributed by atoms with van der Waals surface area (Å²) in [5.41, 5.74) is 0.668. The number of aromatic nitrogens is 5. The smallest absolute Gasteiger partial charge is 0.200 e. The molecule has 1 aliphatic rings. The Balaban J connectivity index is 1.84. The Bertz CT molecular complexity index is 463. The quantitative estimate of drug-likeness (QED) is 0.795. The zero-order chi connectivity index (χ0) is 10.1. The second-order valence-corrected chi connectivity index (χ2v) is 4.60. The van der Waals surface area contributed by atoms with E-state index in [1.165, 1.54) is 16.8 Å². The van der Waals surface area contributed by atoms with Crippen LogP contribution in [0, 0.1) is 0 Å². The van der Waals surface area contributed by atoms with Gasteiger partial charge in [0.25, 0.3) is 0 Å². The summed E-state index contributed by atoms with van der Waals surface area (Å²) in [4.78, 5) is 0. The van der Waals surface area contributed by atoms with Gasteiger partial charge in [-0.05, 0) is 34.7 Å². The Hall–Kier alpha value is -1.37. The van der Waals surface area contributed by atoms with Crippen LogP contribution in [0.15, 0.2) is 12.1 Å². The summed E-state index contributed by atoms with van der Waals surface area (Å²) in [6, 6.07) is 4.29. The third-order valence-corrected chi connectivity index (χ3v) is 3.51. The molecule has 1 unspecified atom stereocenters. The number of anilines is 1. The molecule has 78 valence electrons. The third kappa shape index (κ3) is 1.74. The highest BCUT2D eigenvalue weighted by molar-refractivity contribution is 7.99. The molecule has 0 aliphatic carbocycles. The summed E-state index contributed by atoms with van der Waals surface area (Å²) >= 11 is 1.97. The van der Waals surface area contributed by atoms with E-state index in [1.54, 1.807) is 0 Å². The van der Waals surface area contributed by atoms with Gasteiger partial charge in [-0.1, -0.05) is 0 Å². The molecule has 2 aromatic rings. The van der Waals surface area contributed by atoms with E-state index in [0.717, 1.165) is 11.6 Å². The van der Waals surface area contributed by atoms with Crippen LogP contribution in [0.3, 0.4) is 0 Å². The lowest BCUT2D eigenvalue weighted by Crippen LogP contribution is -2.19. The molecule has 2 aromatic heterocycles. The van der Waals surface area contributed by atoms with Gasteiger partial charge in [-0.3, -0.25) is 0 Å². The molecule has 1 saturated heterocycles. The van der Waals surface area contributed by atoms with E-state index in [2.05, 4.69) is 25.9 Å². The van der Waals surface area contributed by atoms with Crippen molar-refractivity contribution in [3.05, 3.63) is 12.1 Å². The first-order valence-corrected chi connectivity index (χ1v) is 5.97. The lowest BCUT2D eigenvalue weighted by molar-refractivity contribution is 0.723. The molecule has 1 atom stereocenters. The van der Waals surface area contributed by atoms with Gasteiger partial charge in [0, 0.05) is 11.8 Å². The van der Waals surface area contributed by atoms with Crippen molar-refractivity contribution >= 4 is 23.2 Å². The van der Waals surface area contributed by atoms with Crippen LogP contribution in [0.2, 0.25) is 0 Å². The Morgan fingerprint density at radius 1 is 1.47 bits per heavy atom. The summed E-state index contributed by atoms with van der Waals surface area (Å²) in [7, 11) is 0. The first kappa shape index (κ1) is 8.90. The summed E-state index contributed by atoms with van der Waals surface area (Å²) in [5, 5.41) is 18.7. The molecule has 0 saturated carbocycles. The number of nitrogens with one attached hydrogen (secondary N) is 1. The van der Waals surface area contributed by atoms with Crippen LogP contribution in [-0.2, 0) is 0 Å². The molecule has 0 radical (unpaired) electrons. The van der Waals surface area contributed by atoms with Gasteiger partial charge in [-0.2, -0.15) is 11.8 Å². The second-order valence-electron chi connectivity index (χ2n) is 3.45. The number of nitrogens with zero attached hydrogens (tertiary/aromatic N) is 5. The number of hydrogen-bond donors (Lipinski definition) is 1. The van der Waals surface area contributed by atoms with Gasteiger partial charge in [-0.25, -0.2) is 0 Å². The van der Waals surface area contributed by atoms with Gasteiger partial charge in [0.1, 0.15) is 5.82 Å². The molecule has 0 amide bonds. The van der Waals surface area contributed by atoms with Crippen molar-refractivity contribution in [2.45, 2.75) is 12.5 Å². The standard InChI is InChI=1S/C8H10N6S/c1-2-8-10-12-13-14(8)11-7(1)9-6-3-4-15-5-6/h1-2,6H,3-5H2,(H,9,11). The van der Waals surface area contributed by atoms with E-state index in [4.69, 9.17) is 0 Å². The number of tetrazole rings is 1. The van der Waals surface area contributed by atoms with E-state index >= 15 is 0 Å². The summed E-state index contributed by atoms with van der Waals surface area (Å²) in [6.45, 7) is 0. The largest absolute Gasteiger partial charge is 0.365 e. The van der Waals surface area contributed by atoms with E-state index in [1.807, 2.05) is 23.9 Å². The van der Waals surface area contributed by atoms with Crippen LogP contribution in [-0.4, -0.2) is 42.8 Å². The Morgan fingerprint density at radius 2 is 2.47 bits per heavy atom. The molecule has 3 rings (SSSR count). The molecule has 0 spiro atoms. The van der Waals surface area contributed by atoms with E-state index in [-0.39, 0.29) is 0 Å². The van der Waals surface area contributed by atoms with E-state index in [0.29, 0.717) is 11.7 Å². The molecule has 1 aliphatic heterocycles. The maximum absolute atomic E-state index is 4.26. The van der Waals surface area contributed by atoms with Gasteiger partial charge in [0.15, 0.2) is 5.65 Å². The maximum Gasteiger partial charge on any atom is 0.200 e. The molecule has 1 N–H and O–H groups in total. The highest BCUT2D eigenvalue weighted by Gasteiger charge is 2.15. The summed E-state index contributed by atoms with van der Waals surface area (Å²) < 4.78 is 1.43. The van der Waals surface area contributed by atoms with E-state index in [9.17, 15) is 0 Å². The van der Waals surface area contributed by atoms with Gasteiger partial charge in [-0.15, -0.1) is 14.8 Å². The van der Waals surface area contributed by atoms with Gasteiger partial charge in [0.05, 0.1) is 0 Å². The second kappa shape index (κ2) is 3.65. The monoisotopic (exact) mass is 222 g/mol. The first-order chi connectivity index (χ1) is 7.42. The van der Waals surface area contributed by atoms with Crippen molar-refractivity contribution in [1.82, 2.24) is 25.3 Å². The molecular weight excluding hydrogens is 212 g/mol. The summed E-state index contributed by atoms with van der Waals surface area (Å²) in [6.07, 6.45) is 1.19. The highest BCUT2D eigenvalue weighted by atomic mass is 32.2. The molecular formula is C8H10N6S. The molecule has 0 aromatic carbocycles. The number of rotatable bonds is 2. The van der Waals surface area contributed by atoms with Gasteiger partial charge >= 0.3 is 0 Å². The Kier molecular flexibility index (Phi) is 2.17. The molecule has 0 bridgehead atoms. The van der Waals surface area contributed by atoms with Crippen LogP contribution >= 0.6 is 11.8 Å². The average Bonchev–Trinajstić information content (AvgIpc) is 2.87. The maximum atomic E-state index is 4.26. The van der Waals surface area contributed by atoms with Crippen LogP contribution in [0.25, 0.3) is 5.65 Å². The fraction of sp³-hybridized carbons (Fsp3) is 0.500. The van der Waals surface area contributed by atoms with E-state index < -0.39 is 0 Å². The van der Waals surface area contributed by atoms with Gasteiger partial charge < -0.3 is 5.32 Å². The van der Waals surface area contributed by atoms with Crippen LogP contribution in [0.5, 0.6) is 0 Å². The van der Waals surface area contributed by atoms with Crippen LogP contribution in [0.4, 0.5) is 5.82 Å². The number of hydrogen-bond acceptors (Lipinski definition) is 6. The highest BCUT2D eigenvalue weighted by Crippen LogP contribution is 2.20. The SMILES string of the molecule is c1cc2nnnn2nc1NC1CCSC1. The predicted molar refractivity (Wildman–Crippen MR) is 57.9 cm³/mol. The van der Waals surface area contributed by atoms with Crippen LogP contribution in [0.1, 0.15) is 6.42 Å². The first-order valence-electron chi connectivity index (χ1n) is 4.81. The lowest BCUT2D eigenvalue weighted by atomic mass is 10.2. The summed E-state index contributed by atoms with van der Waals surface area (Å²) in [5.74, 6) is 3.21. The molecule has 3 heterocycles. The fourth-order valence-corrected chi connectivity index (χ4v) is 2.74.